The quantitative estimate of drug-likeness (QED) is 0.256. The molecule has 0 aliphatic heterocycles. The molecule has 0 saturated heterocycles. The molecule has 1 rings (SSSR count). The number of benzene rings is 1. The maximum absolute atomic E-state index is 12.2. The van der Waals surface area contributed by atoms with Gasteiger partial charge < -0.3 is 9.84 Å². The Bertz CT molecular complexity index is 746. The van der Waals surface area contributed by atoms with E-state index in [1.54, 1.807) is 12.1 Å². The fraction of sp³-hybridized carbons (Fsp3) is 0.536. The fourth-order valence-corrected chi connectivity index (χ4v) is 4.73. The van der Waals surface area contributed by atoms with Crippen molar-refractivity contribution in [2.75, 3.05) is 6.61 Å². The van der Waals surface area contributed by atoms with Crippen LogP contribution in [0, 0.1) is 11.8 Å². The molecule has 31 heavy (non-hydrogen) atoms. The molecule has 0 bridgehead atoms. The lowest BCUT2D eigenvalue weighted by Crippen LogP contribution is -2.43. The van der Waals surface area contributed by atoms with E-state index in [0.29, 0.717) is 30.9 Å². The van der Waals surface area contributed by atoms with E-state index in [1.165, 1.54) is 0 Å². The van der Waals surface area contributed by atoms with Crippen LogP contribution in [0.25, 0.3) is 0 Å². The summed E-state index contributed by atoms with van der Waals surface area (Å²) >= 11 is 0. The average molecular weight is 427 g/mol. The molecule has 3 atom stereocenters. The highest BCUT2D eigenvalue weighted by molar-refractivity contribution is 5.89. The Hall–Kier alpha value is -2.13. The van der Waals surface area contributed by atoms with Gasteiger partial charge in [-0.2, -0.15) is 0 Å². The number of hydrogen-bond donors (Lipinski definition) is 1. The van der Waals surface area contributed by atoms with Gasteiger partial charge in [-0.05, 0) is 68.2 Å². The third-order valence-corrected chi connectivity index (χ3v) is 6.26. The second-order valence-corrected chi connectivity index (χ2v) is 8.16. The first kappa shape index (κ1) is 26.9. The number of esters is 1. The summed E-state index contributed by atoms with van der Waals surface area (Å²) in [7, 11) is 0. The van der Waals surface area contributed by atoms with E-state index < -0.39 is 5.60 Å². The summed E-state index contributed by atoms with van der Waals surface area (Å²) in [5, 5.41) is 12.2. The molecule has 1 aromatic rings. The van der Waals surface area contributed by atoms with Gasteiger partial charge >= 0.3 is 5.97 Å². The molecule has 3 unspecified atom stereocenters. The minimum absolute atomic E-state index is 0.159. The molecule has 0 spiro atoms. The minimum Gasteiger partial charge on any atom is -0.462 e. The van der Waals surface area contributed by atoms with Gasteiger partial charge in [0.1, 0.15) is 0 Å². The molecule has 0 aliphatic carbocycles. The lowest BCUT2D eigenvalue weighted by atomic mass is 9.68. The van der Waals surface area contributed by atoms with Gasteiger partial charge in [0.05, 0.1) is 17.8 Å². The van der Waals surface area contributed by atoms with Crippen molar-refractivity contribution in [3.8, 4) is 0 Å². The van der Waals surface area contributed by atoms with E-state index in [1.807, 2.05) is 50.3 Å². The van der Waals surface area contributed by atoms with E-state index in [9.17, 15) is 9.90 Å². The van der Waals surface area contributed by atoms with Gasteiger partial charge in [-0.15, -0.1) is 0 Å². The van der Waals surface area contributed by atoms with Crippen LogP contribution in [0.15, 0.2) is 60.7 Å². The van der Waals surface area contributed by atoms with Gasteiger partial charge in [0.15, 0.2) is 0 Å². The molecule has 0 saturated carbocycles. The zero-order chi connectivity index (χ0) is 23.3. The van der Waals surface area contributed by atoms with Gasteiger partial charge in [0, 0.05) is 0 Å². The Balaban J connectivity index is 3.29. The largest absolute Gasteiger partial charge is 0.462 e. The molecule has 0 heterocycles. The van der Waals surface area contributed by atoms with E-state index in [0.717, 1.165) is 36.8 Å². The van der Waals surface area contributed by atoms with Crippen LogP contribution in [0.5, 0.6) is 0 Å². The van der Waals surface area contributed by atoms with Gasteiger partial charge in [0.2, 0.25) is 0 Å². The molecule has 1 aromatic carbocycles. The maximum Gasteiger partial charge on any atom is 0.338 e. The maximum atomic E-state index is 12.2. The summed E-state index contributed by atoms with van der Waals surface area (Å²) in [5.74, 6) is 0.312. The van der Waals surface area contributed by atoms with Gasteiger partial charge in [-0.1, -0.05) is 83.0 Å². The van der Waals surface area contributed by atoms with Crippen molar-refractivity contribution in [3.63, 3.8) is 0 Å². The predicted octanol–water partition coefficient (Wildman–Crippen LogP) is 7.07. The Morgan fingerprint density at radius 1 is 1.23 bits per heavy atom. The summed E-state index contributed by atoms with van der Waals surface area (Å²) in [6.45, 7) is 14.6. The number of hydrogen-bond acceptors (Lipinski definition) is 3. The summed E-state index contributed by atoms with van der Waals surface area (Å²) in [6, 6.07) is 7.57. The van der Waals surface area contributed by atoms with Crippen molar-refractivity contribution in [1.82, 2.24) is 0 Å². The zero-order valence-corrected chi connectivity index (χ0v) is 20.2. The van der Waals surface area contributed by atoms with Gasteiger partial charge in [0.25, 0.3) is 0 Å². The van der Waals surface area contributed by atoms with Crippen molar-refractivity contribution >= 4 is 5.97 Å². The van der Waals surface area contributed by atoms with E-state index >= 15 is 0 Å². The van der Waals surface area contributed by atoms with E-state index in [2.05, 4.69) is 27.4 Å². The Labute approximate surface area is 189 Å². The second-order valence-electron chi connectivity index (χ2n) is 8.16. The Morgan fingerprint density at radius 3 is 2.52 bits per heavy atom. The zero-order valence-electron chi connectivity index (χ0n) is 20.2. The summed E-state index contributed by atoms with van der Waals surface area (Å²) in [4.78, 5) is 12.1. The van der Waals surface area contributed by atoms with Crippen molar-refractivity contribution < 1.29 is 14.6 Å². The second kappa shape index (κ2) is 14.0. The number of rotatable bonds is 14. The molecule has 0 radical (unpaired) electrons. The number of allylic oxidation sites excluding steroid dienone is 3. The highest BCUT2D eigenvalue weighted by Gasteiger charge is 2.41. The van der Waals surface area contributed by atoms with Crippen LogP contribution >= 0.6 is 0 Å². The van der Waals surface area contributed by atoms with Crippen LogP contribution in [0.4, 0.5) is 0 Å². The molecule has 0 fully saturated rings. The predicted molar refractivity (Wildman–Crippen MR) is 131 cm³/mol. The van der Waals surface area contributed by atoms with Crippen LogP contribution in [-0.2, 0) is 11.2 Å². The Morgan fingerprint density at radius 2 is 1.97 bits per heavy atom. The number of carbonyl (C=O) groups is 1. The molecule has 1 N–H and O–H groups in total. The van der Waals surface area contributed by atoms with Crippen molar-refractivity contribution in [2.45, 2.75) is 78.7 Å². The number of carbonyl (C=O) groups excluding carboxylic acids is 1. The smallest absolute Gasteiger partial charge is 0.338 e. The van der Waals surface area contributed by atoms with Crippen molar-refractivity contribution in [3.05, 3.63) is 71.8 Å². The molecule has 0 amide bonds. The SMILES string of the molecule is C=C/C=C\C(=C/C)C(O)(CCc1cccc(C(=O)OCC)c1)C(CC)C(CC)CCC. The lowest BCUT2D eigenvalue weighted by molar-refractivity contribution is -0.0198. The molecule has 0 aliphatic rings. The summed E-state index contributed by atoms with van der Waals surface area (Å²) < 4.78 is 5.14. The Kier molecular flexibility index (Phi) is 12.2. The number of ether oxygens (including phenoxy) is 1. The van der Waals surface area contributed by atoms with Crippen molar-refractivity contribution in [1.29, 1.82) is 0 Å². The van der Waals surface area contributed by atoms with E-state index in [4.69, 9.17) is 4.74 Å². The molecular formula is C28H42O3. The minimum atomic E-state index is -0.946. The standard InChI is InChI=1S/C28H42O3/c1-7-13-18-25(10-4)28(30,26(11-5)23(9-3)15-8-2)20-19-22-16-14-17-24(21-22)27(29)31-12-6/h7,10,13-14,16-18,21,23,26,30H,1,8-9,11-12,15,19-20H2,2-6H3/b18-13-,25-10+. The van der Waals surface area contributed by atoms with Crippen LogP contribution < -0.4 is 0 Å². The first-order valence-electron chi connectivity index (χ1n) is 11.9. The first-order valence-corrected chi connectivity index (χ1v) is 11.9. The molecule has 3 nitrogen and oxygen atoms in total. The first-order chi connectivity index (χ1) is 14.9. The third kappa shape index (κ3) is 7.50. The molecule has 0 aromatic heterocycles. The monoisotopic (exact) mass is 426 g/mol. The van der Waals surface area contributed by atoms with Crippen LogP contribution in [0.2, 0.25) is 0 Å². The topological polar surface area (TPSA) is 46.5 Å². The lowest BCUT2D eigenvalue weighted by Gasteiger charge is -2.42. The average Bonchev–Trinajstić information content (AvgIpc) is 2.78. The fourth-order valence-electron chi connectivity index (χ4n) is 4.73. The number of aryl methyl sites for hydroxylation is 1. The molecule has 3 heteroatoms. The van der Waals surface area contributed by atoms with Crippen LogP contribution in [-0.4, -0.2) is 23.3 Å². The summed E-state index contributed by atoms with van der Waals surface area (Å²) in [6.07, 6.45) is 13.1. The number of aliphatic hydroxyl groups is 1. The molecular weight excluding hydrogens is 384 g/mol. The highest BCUT2D eigenvalue weighted by Crippen LogP contribution is 2.41. The summed E-state index contributed by atoms with van der Waals surface area (Å²) in [5.41, 5.74) is 1.59. The van der Waals surface area contributed by atoms with Crippen molar-refractivity contribution in [2.24, 2.45) is 11.8 Å². The van der Waals surface area contributed by atoms with Gasteiger partial charge in [-0.3, -0.25) is 0 Å². The van der Waals surface area contributed by atoms with Crippen LogP contribution in [0.3, 0.4) is 0 Å². The van der Waals surface area contributed by atoms with Crippen LogP contribution in [0.1, 0.15) is 82.6 Å². The molecule has 172 valence electrons. The third-order valence-electron chi connectivity index (χ3n) is 6.26. The normalized spacial score (nSPS) is 16.0. The van der Waals surface area contributed by atoms with Gasteiger partial charge in [-0.25, -0.2) is 4.79 Å². The highest BCUT2D eigenvalue weighted by atomic mass is 16.5. The van der Waals surface area contributed by atoms with E-state index in [-0.39, 0.29) is 11.9 Å².